The summed E-state index contributed by atoms with van der Waals surface area (Å²) in [5.41, 5.74) is 0.502. The second-order valence-corrected chi connectivity index (χ2v) is 6.99. The standard InChI is InChI=1S/C17H24O2/c1-16(2)13-9-10-17(3,18)14(11-13)15(19-16)12-7-5-4-6-8-12/h4-8,13-15,18H,9-11H2,1-3H3/t13-,14+,15+,17+/m1/s1. The van der Waals surface area contributed by atoms with Gasteiger partial charge < -0.3 is 9.84 Å². The van der Waals surface area contributed by atoms with Gasteiger partial charge in [0.15, 0.2) is 0 Å². The number of aliphatic hydroxyl groups is 1. The molecule has 0 radical (unpaired) electrons. The van der Waals surface area contributed by atoms with Crippen molar-refractivity contribution in [1.29, 1.82) is 0 Å². The minimum absolute atomic E-state index is 0.0164. The molecule has 1 N–H and O–H groups in total. The lowest BCUT2D eigenvalue weighted by Gasteiger charge is -2.55. The molecule has 1 aromatic carbocycles. The van der Waals surface area contributed by atoms with Crippen LogP contribution in [0.5, 0.6) is 0 Å². The number of hydrogen-bond acceptors (Lipinski definition) is 2. The lowest BCUT2D eigenvalue weighted by atomic mass is 9.62. The van der Waals surface area contributed by atoms with Gasteiger partial charge in [-0.05, 0) is 51.5 Å². The minimum atomic E-state index is -0.604. The highest BCUT2D eigenvalue weighted by molar-refractivity contribution is 5.21. The fourth-order valence-corrected chi connectivity index (χ4v) is 3.86. The Bertz CT molecular complexity index is 448. The van der Waals surface area contributed by atoms with E-state index in [4.69, 9.17) is 4.74 Å². The third-order valence-corrected chi connectivity index (χ3v) is 5.24. The molecule has 0 amide bonds. The van der Waals surface area contributed by atoms with Gasteiger partial charge in [-0.25, -0.2) is 0 Å². The first-order valence-electron chi connectivity index (χ1n) is 7.35. The van der Waals surface area contributed by atoms with Crippen LogP contribution in [0.15, 0.2) is 30.3 Å². The van der Waals surface area contributed by atoms with Gasteiger partial charge >= 0.3 is 0 Å². The highest BCUT2D eigenvalue weighted by Crippen LogP contribution is 2.54. The Hall–Kier alpha value is -0.860. The Balaban J connectivity index is 1.98. The molecule has 0 spiro atoms. The maximum Gasteiger partial charge on any atom is 0.0887 e. The zero-order valence-electron chi connectivity index (χ0n) is 12.1. The summed E-state index contributed by atoms with van der Waals surface area (Å²) in [4.78, 5) is 0. The van der Waals surface area contributed by atoms with Crippen molar-refractivity contribution in [2.24, 2.45) is 11.8 Å². The van der Waals surface area contributed by atoms with Crippen LogP contribution in [0.25, 0.3) is 0 Å². The Morgan fingerprint density at radius 2 is 1.84 bits per heavy atom. The number of rotatable bonds is 1. The van der Waals surface area contributed by atoms with Crippen molar-refractivity contribution >= 4 is 0 Å². The smallest absolute Gasteiger partial charge is 0.0887 e. The summed E-state index contributed by atoms with van der Waals surface area (Å²) >= 11 is 0. The molecule has 0 unspecified atom stereocenters. The predicted octanol–water partition coefficient (Wildman–Crippen LogP) is 3.70. The number of benzene rings is 1. The van der Waals surface area contributed by atoms with Crippen molar-refractivity contribution in [3.05, 3.63) is 35.9 Å². The van der Waals surface area contributed by atoms with Gasteiger partial charge in [0, 0.05) is 5.92 Å². The van der Waals surface area contributed by atoms with Gasteiger partial charge in [-0.15, -0.1) is 0 Å². The molecule has 2 fully saturated rings. The summed E-state index contributed by atoms with van der Waals surface area (Å²) in [5.74, 6) is 0.777. The quantitative estimate of drug-likeness (QED) is 0.834. The van der Waals surface area contributed by atoms with Crippen molar-refractivity contribution in [2.75, 3.05) is 0 Å². The van der Waals surface area contributed by atoms with Gasteiger partial charge in [-0.2, -0.15) is 0 Å². The van der Waals surface area contributed by atoms with Crippen molar-refractivity contribution in [3.8, 4) is 0 Å². The Kier molecular flexibility index (Phi) is 2.99. The molecule has 1 aliphatic heterocycles. The summed E-state index contributed by atoms with van der Waals surface area (Å²) in [7, 11) is 0. The van der Waals surface area contributed by atoms with E-state index in [-0.39, 0.29) is 17.6 Å². The van der Waals surface area contributed by atoms with E-state index < -0.39 is 5.60 Å². The highest BCUT2D eigenvalue weighted by atomic mass is 16.5. The van der Waals surface area contributed by atoms with Crippen LogP contribution in [-0.2, 0) is 4.74 Å². The predicted molar refractivity (Wildman–Crippen MR) is 75.8 cm³/mol. The molecule has 2 nitrogen and oxygen atoms in total. The normalized spacial score (nSPS) is 40.9. The molecular formula is C17H24O2. The lowest BCUT2D eigenvalue weighted by Crippen LogP contribution is -2.54. The van der Waals surface area contributed by atoms with Crippen LogP contribution in [-0.4, -0.2) is 16.3 Å². The summed E-state index contributed by atoms with van der Waals surface area (Å²) < 4.78 is 6.40. The van der Waals surface area contributed by atoms with Crippen LogP contribution >= 0.6 is 0 Å². The zero-order valence-corrected chi connectivity index (χ0v) is 12.1. The summed E-state index contributed by atoms with van der Waals surface area (Å²) in [5, 5.41) is 10.7. The van der Waals surface area contributed by atoms with E-state index in [0.29, 0.717) is 5.92 Å². The first-order valence-corrected chi connectivity index (χ1v) is 7.35. The molecule has 2 bridgehead atoms. The second-order valence-electron chi connectivity index (χ2n) is 6.99. The summed E-state index contributed by atoms with van der Waals surface area (Å²) in [6.45, 7) is 6.37. The van der Waals surface area contributed by atoms with Crippen LogP contribution in [0.1, 0.15) is 51.7 Å². The van der Waals surface area contributed by atoms with E-state index in [1.807, 2.05) is 13.0 Å². The number of fused-ring (bicyclic) bond motifs is 2. The molecule has 19 heavy (non-hydrogen) atoms. The first kappa shape index (κ1) is 13.1. The first-order chi connectivity index (χ1) is 8.90. The van der Waals surface area contributed by atoms with Crippen LogP contribution in [0.3, 0.4) is 0 Å². The minimum Gasteiger partial charge on any atom is -0.390 e. The molecule has 2 aliphatic rings. The van der Waals surface area contributed by atoms with Gasteiger partial charge in [0.2, 0.25) is 0 Å². The number of hydrogen-bond donors (Lipinski definition) is 1. The number of ether oxygens (including phenoxy) is 1. The molecule has 1 saturated heterocycles. The SMILES string of the molecule is CC1(C)O[C@@H](c2ccccc2)[C@@H]2C[C@H]1CC[C@]2(C)O. The molecule has 1 saturated carbocycles. The third-order valence-electron chi connectivity index (χ3n) is 5.24. The molecular weight excluding hydrogens is 236 g/mol. The zero-order chi connectivity index (χ0) is 13.7. The Labute approximate surface area is 115 Å². The monoisotopic (exact) mass is 260 g/mol. The van der Waals surface area contributed by atoms with E-state index in [1.165, 1.54) is 5.56 Å². The molecule has 1 aliphatic carbocycles. The largest absolute Gasteiger partial charge is 0.390 e. The molecule has 0 aromatic heterocycles. The molecule has 3 rings (SSSR count). The molecule has 1 heterocycles. The van der Waals surface area contributed by atoms with Gasteiger partial charge in [-0.3, -0.25) is 0 Å². The van der Waals surface area contributed by atoms with Crippen molar-refractivity contribution in [1.82, 2.24) is 0 Å². The van der Waals surface area contributed by atoms with Gasteiger partial charge in [0.05, 0.1) is 17.3 Å². The van der Waals surface area contributed by atoms with Crippen molar-refractivity contribution < 1.29 is 9.84 Å². The van der Waals surface area contributed by atoms with E-state index in [9.17, 15) is 5.11 Å². The van der Waals surface area contributed by atoms with Gasteiger partial charge in [-0.1, -0.05) is 30.3 Å². The second kappa shape index (κ2) is 4.32. The van der Waals surface area contributed by atoms with Crippen molar-refractivity contribution in [2.45, 2.75) is 57.3 Å². The average molecular weight is 260 g/mol. The van der Waals surface area contributed by atoms with Crippen LogP contribution in [0.4, 0.5) is 0 Å². The topological polar surface area (TPSA) is 29.5 Å². The van der Waals surface area contributed by atoms with Crippen LogP contribution < -0.4 is 0 Å². The maximum atomic E-state index is 10.7. The van der Waals surface area contributed by atoms with Gasteiger partial charge in [0.25, 0.3) is 0 Å². The van der Waals surface area contributed by atoms with Crippen LogP contribution in [0, 0.1) is 11.8 Å². The van der Waals surface area contributed by atoms with E-state index in [0.717, 1.165) is 19.3 Å². The fourth-order valence-electron chi connectivity index (χ4n) is 3.86. The summed E-state index contributed by atoms with van der Waals surface area (Å²) in [6.07, 6.45) is 3.04. The molecule has 4 atom stereocenters. The van der Waals surface area contributed by atoms with E-state index >= 15 is 0 Å². The van der Waals surface area contributed by atoms with Crippen molar-refractivity contribution in [3.63, 3.8) is 0 Å². The molecule has 1 aromatic rings. The molecule has 2 heteroatoms. The maximum absolute atomic E-state index is 10.7. The Morgan fingerprint density at radius 3 is 2.53 bits per heavy atom. The van der Waals surface area contributed by atoms with E-state index in [2.05, 4.69) is 38.1 Å². The molecule has 104 valence electrons. The average Bonchev–Trinajstić information content (AvgIpc) is 2.36. The third kappa shape index (κ3) is 2.21. The van der Waals surface area contributed by atoms with E-state index in [1.54, 1.807) is 0 Å². The summed E-state index contributed by atoms with van der Waals surface area (Å²) in [6, 6.07) is 10.4. The van der Waals surface area contributed by atoms with Crippen LogP contribution in [0.2, 0.25) is 0 Å². The van der Waals surface area contributed by atoms with Gasteiger partial charge in [0.1, 0.15) is 0 Å². The fraction of sp³-hybridized carbons (Fsp3) is 0.647. The Morgan fingerprint density at radius 1 is 1.16 bits per heavy atom. The lowest BCUT2D eigenvalue weighted by molar-refractivity contribution is -0.232. The highest BCUT2D eigenvalue weighted by Gasteiger charge is 2.52.